The molecule has 0 spiro atoms. The predicted molar refractivity (Wildman–Crippen MR) is 131 cm³/mol. The number of hydrogen-bond acceptors (Lipinski definition) is 9. The molecule has 2 aromatic carbocycles. The lowest BCUT2D eigenvalue weighted by Crippen LogP contribution is -2.32. The second-order valence-electron chi connectivity index (χ2n) is 7.20. The number of aryl methyl sites for hydroxylation is 1. The molecule has 1 aliphatic rings. The summed E-state index contributed by atoms with van der Waals surface area (Å²) in [5.74, 6) is 0.459. The Morgan fingerprint density at radius 2 is 1.97 bits per heavy atom. The predicted octanol–water partition coefficient (Wildman–Crippen LogP) is 2.57. The van der Waals surface area contributed by atoms with Crippen molar-refractivity contribution < 1.29 is 28.6 Å². The minimum atomic E-state index is -0.435. The van der Waals surface area contributed by atoms with Crippen molar-refractivity contribution in [2.24, 2.45) is 9.98 Å². The number of aliphatic imine (C=N–C) groups is 2. The third kappa shape index (κ3) is 5.52. The van der Waals surface area contributed by atoms with Crippen LogP contribution in [0.25, 0.3) is 6.08 Å². The van der Waals surface area contributed by atoms with Crippen molar-refractivity contribution in [2.75, 3.05) is 24.9 Å². The van der Waals surface area contributed by atoms with Crippen molar-refractivity contribution in [3.8, 4) is 11.5 Å². The van der Waals surface area contributed by atoms with E-state index in [2.05, 4.69) is 15.3 Å². The van der Waals surface area contributed by atoms with Crippen molar-refractivity contribution >= 4 is 46.4 Å². The van der Waals surface area contributed by atoms with E-state index in [9.17, 15) is 9.90 Å². The van der Waals surface area contributed by atoms with Crippen molar-refractivity contribution in [3.05, 3.63) is 66.0 Å². The van der Waals surface area contributed by atoms with Gasteiger partial charge in [0.2, 0.25) is 5.27 Å². The average molecular weight is 494 g/mol. The first kappa shape index (κ1) is 24.0. The van der Waals surface area contributed by atoms with Gasteiger partial charge < -0.3 is 14.6 Å². The number of amides is 1. The molecule has 0 radical (unpaired) electrons. The maximum atomic E-state index is 13.3. The molecule has 35 heavy (non-hydrogen) atoms. The van der Waals surface area contributed by atoms with Gasteiger partial charge >= 0.3 is 5.88 Å². The number of ether oxygens (including phenoxy) is 2. The summed E-state index contributed by atoms with van der Waals surface area (Å²) in [6.45, 7) is 2.49. The van der Waals surface area contributed by atoms with Gasteiger partial charge in [-0.15, -0.1) is 0 Å². The van der Waals surface area contributed by atoms with Crippen molar-refractivity contribution in [3.63, 3.8) is 0 Å². The van der Waals surface area contributed by atoms with Gasteiger partial charge in [-0.3, -0.25) is 14.2 Å². The van der Waals surface area contributed by atoms with Crippen LogP contribution in [0.15, 0.2) is 74.9 Å². The van der Waals surface area contributed by atoms with Crippen LogP contribution in [-0.4, -0.2) is 42.2 Å². The Bertz CT molecular complexity index is 1300. The van der Waals surface area contributed by atoms with E-state index in [-0.39, 0.29) is 23.2 Å². The highest BCUT2D eigenvalue weighted by Crippen LogP contribution is 2.32. The molecular weight excluding hydrogens is 470 g/mol. The van der Waals surface area contributed by atoms with E-state index in [1.165, 1.54) is 9.58 Å². The Hall–Kier alpha value is -4.12. The van der Waals surface area contributed by atoms with E-state index in [0.29, 0.717) is 28.9 Å². The summed E-state index contributed by atoms with van der Waals surface area (Å²) in [4.78, 5) is 23.2. The van der Waals surface area contributed by atoms with Gasteiger partial charge in [0.1, 0.15) is 5.70 Å². The summed E-state index contributed by atoms with van der Waals surface area (Å²) >= 11 is 1.12. The minimum absolute atomic E-state index is 0.0358. The lowest BCUT2D eigenvalue weighted by molar-refractivity contribution is -0.759. The third-order valence-corrected chi connectivity index (χ3v) is 5.86. The van der Waals surface area contributed by atoms with Gasteiger partial charge in [-0.05, 0) is 48.7 Å². The molecule has 0 N–H and O–H groups in total. The van der Waals surface area contributed by atoms with Crippen LogP contribution in [0.3, 0.4) is 0 Å². The van der Waals surface area contributed by atoms with Crippen LogP contribution in [0.2, 0.25) is 0 Å². The number of para-hydroxylation sites is 1. The first-order valence-corrected chi connectivity index (χ1v) is 11.7. The zero-order chi connectivity index (χ0) is 24.8. The van der Waals surface area contributed by atoms with Crippen molar-refractivity contribution in [1.29, 1.82) is 0 Å². The van der Waals surface area contributed by atoms with E-state index in [4.69, 9.17) is 14.0 Å². The molecular formula is C24H23N5O5S. The number of benzene rings is 2. The molecule has 3 aromatic rings. The van der Waals surface area contributed by atoms with Crippen molar-refractivity contribution in [2.45, 2.75) is 13.5 Å². The molecule has 0 bridgehead atoms. The second kappa shape index (κ2) is 10.9. The number of aromatic nitrogens is 2. The number of methoxy groups -OCH3 is 2. The lowest BCUT2D eigenvalue weighted by atomic mass is 10.1. The number of carbonyl (C=O) groups excluding carboxylic acids is 1. The van der Waals surface area contributed by atoms with Crippen LogP contribution >= 0.6 is 11.8 Å². The number of anilines is 1. The van der Waals surface area contributed by atoms with Crippen LogP contribution < -0.4 is 24.2 Å². The first-order chi connectivity index (χ1) is 17.0. The van der Waals surface area contributed by atoms with E-state index < -0.39 is 5.90 Å². The number of rotatable bonds is 8. The molecule has 180 valence electrons. The molecule has 0 aliphatic carbocycles. The summed E-state index contributed by atoms with van der Waals surface area (Å²) < 4.78 is 17.2. The molecule has 0 saturated carbocycles. The van der Waals surface area contributed by atoms with Crippen LogP contribution in [-0.2, 0) is 11.3 Å². The molecule has 11 heteroatoms. The summed E-state index contributed by atoms with van der Waals surface area (Å²) in [5.41, 5.74) is 1.59. The number of hydrogen-bond donors (Lipinski definition) is 0. The summed E-state index contributed by atoms with van der Waals surface area (Å²) in [7, 11) is 3.10. The quantitative estimate of drug-likeness (QED) is 0.205. The fourth-order valence-electron chi connectivity index (χ4n) is 3.25. The van der Waals surface area contributed by atoms with Crippen molar-refractivity contribution in [1.82, 2.24) is 5.27 Å². The largest absolute Gasteiger partial charge is 0.861 e. The fourth-order valence-corrected chi connectivity index (χ4v) is 4.04. The van der Waals surface area contributed by atoms with Crippen LogP contribution in [0.4, 0.5) is 11.6 Å². The summed E-state index contributed by atoms with van der Waals surface area (Å²) in [5, 5.41) is 16.5. The molecule has 1 aromatic heterocycles. The van der Waals surface area contributed by atoms with E-state index in [1.807, 2.05) is 25.1 Å². The zero-order valence-electron chi connectivity index (χ0n) is 19.4. The molecule has 1 aliphatic heterocycles. The summed E-state index contributed by atoms with van der Waals surface area (Å²) in [6.07, 6.45) is 3.21. The minimum Gasteiger partial charge on any atom is -0.861 e. The number of thioether (sulfide) groups is 1. The standard InChI is InChI=1S/C24H23N5O5S/c1-4-28-14-22(34-27-28)26-21(30)15-35-24-25-18(23(31)29(24)17-8-6-5-7-9-17)12-16-10-11-19(32-2)20(13-16)33-3/h5-14H,4,15H2,1-3H3/b18-12+. The Balaban J connectivity index is 1.61. The third-order valence-electron chi connectivity index (χ3n) is 4.94. The van der Waals surface area contributed by atoms with E-state index >= 15 is 0 Å². The Morgan fingerprint density at radius 1 is 1.20 bits per heavy atom. The Morgan fingerprint density at radius 3 is 2.66 bits per heavy atom. The smallest absolute Gasteiger partial charge is 0.320 e. The van der Waals surface area contributed by atoms with E-state index in [0.717, 1.165) is 17.3 Å². The Labute approximate surface area is 206 Å². The maximum Gasteiger partial charge on any atom is 0.320 e. The average Bonchev–Trinajstić information content (AvgIpc) is 3.46. The second-order valence-corrected chi connectivity index (χ2v) is 8.15. The highest BCUT2D eigenvalue weighted by atomic mass is 32.2. The Kier molecular flexibility index (Phi) is 7.46. The summed E-state index contributed by atoms with van der Waals surface area (Å²) in [6, 6.07) is 14.4. The van der Waals surface area contributed by atoms with Gasteiger partial charge in [-0.25, -0.2) is 9.98 Å². The lowest BCUT2D eigenvalue weighted by Gasteiger charge is -2.18. The first-order valence-electron chi connectivity index (χ1n) is 10.7. The molecule has 2 heterocycles. The van der Waals surface area contributed by atoms with Crippen LogP contribution in [0.1, 0.15) is 12.5 Å². The van der Waals surface area contributed by atoms with Crippen LogP contribution in [0.5, 0.6) is 11.5 Å². The monoisotopic (exact) mass is 493 g/mol. The van der Waals surface area contributed by atoms with Gasteiger partial charge in [-0.2, -0.15) is 0 Å². The van der Waals surface area contributed by atoms with Gasteiger partial charge in [0, 0.05) is 5.75 Å². The number of carbonyl (C=O) groups is 1. The molecule has 0 atom stereocenters. The molecule has 0 fully saturated rings. The van der Waals surface area contributed by atoms with E-state index in [1.54, 1.807) is 56.8 Å². The van der Waals surface area contributed by atoms with Gasteiger partial charge in [-0.1, -0.05) is 40.7 Å². The molecule has 1 amide bonds. The highest BCUT2D eigenvalue weighted by molar-refractivity contribution is 8.14. The SMILES string of the molecule is CC[n+]1cc(/N=C(/[O-])CSC2=N/C(=C/c3ccc(OC)c(OC)c3)C(=O)N2c2ccccc2)on1. The highest BCUT2D eigenvalue weighted by Gasteiger charge is 2.32. The normalized spacial score (nSPS) is 15.0. The topological polar surface area (TPSA) is 116 Å². The van der Waals surface area contributed by atoms with Gasteiger partial charge in [0.15, 0.2) is 23.2 Å². The fraction of sp³-hybridized carbons (Fsp3) is 0.208. The molecule has 0 unspecified atom stereocenters. The zero-order valence-corrected chi connectivity index (χ0v) is 20.2. The van der Waals surface area contributed by atoms with Crippen LogP contribution in [0, 0.1) is 0 Å². The molecule has 10 nitrogen and oxygen atoms in total. The molecule has 0 saturated heterocycles. The molecule has 4 rings (SSSR count). The number of nitrogens with zero attached hydrogens (tertiary/aromatic N) is 5. The number of amidine groups is 1. The van der Waals surface area contributed by atoms with Gasteiger partial charge in [0.25, 0.3) is 12.1 Å². The maximum absolute atomic E-state index is 13.3. The van der Waals surface area contributed by atoms with Gasteiger partial charge in [0.05, 0.1) is 19.9 Å².